The highest BCUT2D eigenvalue weighted by Gasteiger charge is 2.30. The molecular formula is C24H27NO4. The Labute approximate surface area is 171 Å². The zero-order chi connectivity index (χ0) is 20.2. The topological polar surface area (TPSA) is 59.0 Å². The largest absolute Gasteiger partial charge is 0.493 e. The van der Waals surface area contributed by atoms with Gasteiger partial charge in [0.15, 0.2) is 11.5 Å². The highest BCUT2D eigenvalue weighted by molar-refractivity contribution is 6.01. The average molecular weight is 393 g/mol. The van der Waals surface area contributed by atoms with Crippen LogP contribution in [0, 0.1) is 0 Å². The van der Waals surface area contributed by atoms with E-state index < -0.39 is 0 Å². The second-order valence-corrected chi connectivity index (χ2v) is 7.63. The minimum atomic E-state index is -0.357. The van der Waals surface area contributed by atoms with Gasteiger partial charge in [-0.1, -0.05) is 36.4 Å². The average Bonchev–Trinajstić information content (AvgIpc) is 3.40. The van der Waals surface area contributed by atoms with Crippen molar-refractivity contribution in [3.63, 3.8) is 0 Å². The van der Waals surface area contributed by atoms with Crippen LogP contribution in [0.1, 0.15) is 42.9 Å². The van der Waals surface area contributed by atoms with Gasteiger partial charge in [0, 0.05) is 12.6 Å². The molecular weight excluding hydrogens is 366 g/mol. The number of ether oxygens (including phenoxy) is 2. The Balaban J connectivity index is 1.55. The molecule has 0 bridgehead atoms. The van der Waals surface area contributed by atoms with Crippen molar-refractivity contribution in [3.8, 4) is 11.5 Å². The standard InChI is InChI=1S/C24H27NO4/c1-28-22-12-11-18(13-23(22)29-20-9-5-6-10-20)19-14-24(27)25(15-19)21(16-26)17-7-3-2-4-8-17/h2-4,7-8,11-14,20-21,26H,5-6,9-10,15-16H2,1H3/t21-/m1/s1. The first kappa shape index (κ1) is 19.5. The van der Waals surface area contributed by atoms with Gasteiger partial charge in [0.05, 0.1) is 25.9 Å². The van der Waals surface area contributed by atoms with E-state index in [9.17, 15) is 9.90 Å². The lowest BCUT2D eigenvalue weighted by Crippen LogP contribution is -2.33. The van der Waals surface area contributed by atoms with Crippen LogP contribution >= 0.6 is 0 Å². The fourth-order valence-electron chi connectivity index (χ4n) is 4.19. The Hall–Kier alpha value is -2.79. The smallest absolute Gasteiger partial charge is 0.247 e. The molecule has 2 aliphatic rings. The van der Waals surface area contributed by atoms with Crippen LogP contribution in [0.25, 0.3) is 5.57 Å². The van der Waals surface area contributed by atoms with Gasteiger partial charge in [-0.3, -0.25) is 4.79 Å². The molecule has 1 heterocycles. The molecule has 1 saturated carbocycles. The van der Waals surface area contributed by atoms with Crippen molar-refractivity contribution in [1.82, 2.24) is 4.90 Å². The van der Waals surface area contributed by atoms with Crippen LogP contribution in [-0.2, 0) is 4.79 Å². The van der Waals surface area contributed by atoms with E-state index in [-0.39, 0.29) is 24.7 Å². The molecule has 0 aromatic heterocycles. The molecule has 1 fully saturated rings. The minimum absolute atomic E-state index is 0.0861. The van der Waals surface area contributed by atoms with Crippen LogP contribution < -0.4 is 9.47 Å². The van der Waals surface area contributed by atoms with E-state index in [0.717, 1.165) is 35.3 Å². The molecule has 5 nitrogen and oxygen atoms in total. The third kappa shape index (κ3) is 4.15. The third-order valence-electron chi connectivity index (χ3n) is 5.79. The van der Waals surface area contributed by atoms with Crippen LogP contribution in [0.3, 0.4) is 0 Å². The van der Waals surface area contributed by atoms with E-state index in [1.54, 1.807) is 18.1 Å². The Morgan fingerprint density at radius 1 is 1.10 bits per heavy atom. The molecule has 1 amide bonds. The summed E-state index contributed by atoms with van der Waals surface area (Å²) in [6.45, 7) is 0.337. The molecule has 1 aliphatic carbocycles. The number of rotatable bonds is 7. The lowest BCUT2D eigenvalue weighted by atomic mass is 10.0. The fraction of sp³-hybridized carbons (Fsp3) is 0.375. The maximum absolute atomic E-state index is 12.7. The Bertz CT molecular complexity index is 887. The van der Waals surface area contributed by atoms with E-state index in [0.29, 0.717) is 12.3 Å². The second-order valence-electron chi connectivity index (χ2n) is 7.63. The first-order chi connectivity index (χ1) is 14.2. The monoisotopic (exact) mass is 393 g/mol. The van der Waals surface area contributed by atoms with Gasteiger partial charge in [-0.25, -0.2) is 0 Å². The van der Waals surface area contributed by atoms with Crippen molar-refractivity contribution in [2.45, 2.75) is 37.8 Å². The van der Waals surface area contributed by atoms with Crippen molar-refractivity contribution in [1.29, 1.82) is 0 Å². The molecule has 4 rings (SSSR count). The summed E-state index contributed by atoms with van der Waals surface area (Å²) in [7, 11) is 1.64. The molecule has 1 N–H and O–H groups in total. The van der Waals surface area contributed by atoms with Gasteiger partial charge in [0.2, 0.25) is 5.91 Å². The predicted molar refractivity (Wildman–Crippen MR) is 112 cm³/mol. The minimum Gasteiger partial charge on any atom is -0.493 e. The van der Waals surface area contributed by atoms with E-state index in [1.807, 2.05) is 48.5 Å². The summed E-state index contributed by atoms with van der Waals surface area (Å²) in [6.07, 6.45) is 6.42. The number of aliphatic hydroxyl groups is 1. The van der Waals surface area contributed by atoms with E-state index in [4.69, 9.17) is 9.47 Å². The van der Waals surface area contributed by atoms with Gasteiger partial charge < -0.3 is 19.5 Å². The first-order valence-corrected chi connectivity index (χ1v) is 10.2. The SMILES string of the molecule is COc1ccc(C2=CC(=O)N([C@H](CO)c3ccccc3)C2)cc1OC1CCCC1. The van der Waals surface area contributed by atoms with Crippen LogP contribution in [0.15, 0.2) is 54.6 Å². The van der Waals surface area contributed by atoms with Crippen LogP contribution in [-0.4, -0.2) is 42.3 Å². The van der Waals surface area contributed by atoms with Gasteiger partial charge in [0.25, 0.3) is 0 Å². The highest BCUT2D eigenvalue weighted by Crippen LogP contribution is 2.36. The lowest BCUT2D eigenvalue weighted by molar-refractivity contribution is -0.127. The van der Waals surface area contributed by atoms with Crippen LogP contribution in [0.5, 0.6) is 11.5 Å². The number of carbonyl (C=O) groups excluding carboxylic acids is 1. The fourth-order valence-corrected chi connectivity index (χ4v) is 4.19. The molecule has 1 aliphatic heterocycles. The van der Waals surface area contributed by atoms with E-state index >= 15 is 0 Å². The van der Waals surface area contributed by atoms with Crippen molar-refractivity contribution in [2.75, 3.05) is 20.3 Å². The lowest BCUT2D eigenvalue weighted by Gasteiger charge is -2.27. The number of hydrogen-bond donors (Lipinski definition) is 1. The van der Waals surface area contributed by atoms with Gasteiger partial charge in [0.1, 0.15) is 0 Å². The zero-order valence-electron chi connectivity index (χ0n) is 16.7. The Morgan fingerprint density at radius 2 is 1.86 bits per heavy atom. The summed E-state index contributed by atoms with van der Waals surface area (Å²) < 4.78 is 11.7. The van der Waals surface area contributed by atoms with Gasteiger partial charge in [-0.15, -0.1) is 0 Å². The molecule has 1 atom stereocenters. The molecule has 0 radical (unpaired) electrons. The summed E-state index contributed by atoms with van der Waals surface area (Å²) >= 11 is 0. The molecule has 0 unspecified atom stereocenters. The maximum atomic E-state index is 12.7. The van der Waals surface area contributed by atoms with Gasteiger partial charge in [-0.05, 0) is 54.5 Å². The van der Waals surface area contributed by atoms with Gasteiger partial charge >= 0.3 is 0 Å². The van der Waals surface area contributed by atoms with Crippen molar-refractivity contribution < 1.29 is 19.4 Å². The van der Waals surface area contributed by atoms with Crippen molar-refractivity contribution in [2.24, 2.45) is 0 Å². The molecule has 0 saturated heterocycles. The third-order valence-corrected chi connectivity index (χ3v) is 5.79. The number of nitrogens with zero attached hydrogens (tertiary/aromatic N) is 1. The maximum Gasteiger partial charge on any atom is 0.247 e. The second kappa shape index (κ2) is 8.70. The molecule has 2 aromatic carbocycles. The molecule has 152 valence electrons. The van der Waals surface area contributed by atoms with Crippen LogP contribution in [0.4, 0.5) is 0 Å². The number of methoxy groups -OCH3 is 1. The normalized spacial score (nSPS) is 18.1. The molecule has 5 heteroatoms. The number of carbonyl (C=O) groups is 1. The Kier molecular flexibility index (Phi) is 5.86. The summed E-state index contributed by atoms with van der Waals surface area (Å²) in [6, 6.07) is 15.1. The van der Waals surface area contributed by atoms with Gasteiger partial charge in [-0.2, -0.15) is 0 Å². The summed E-state index contributed by atoms with van der Waals surface area (Å²) in [5.74, 6) is 1.35. The molecule has 2 aromatic rings. The number of benzene rings is 2. The zero-order valence-corrected chi connectivity index (χ0v) is 16.7. The molecule has 29 heavy (non-hydrogen) atoms. The summed E-state index contributed by atoms with van der Waals surface area (Å²) in [5.41, 5.74) is 2.79. The first-order valence-electron chi connectivity index (χ1n) is 10.2. The van der Waals surface area contributed by atoms with E-state index in [2.05, 4.69) is 0 Å². The van der Waals surface area contributed by atoms with E-state index in [1.165, 1.54) is 12.8 Å². The number of hydrogen-bond acceptors (Lipinski definition) is 4. The molecule has 0 spiro atoms. The highest BCUT2D eigenvalue weighted by atomic mass is 16.5. The number of aliphatic hydroxyl groups excluding tert-OH is 1. The Morgan fingerprint density at radius 3 is 2.55 bits per heavy atom. The quantitative estimate of drug-likeness (QED) is 0.773. The van der Waals surface area contributed by atoms with Crippen molar-refractivity contribution in [3.05, 3.63) is 65.7 Å². The number of amides is 1. The summed E-state index contributed by atoms with van der Waals surface area (Å²) in [4.78, 5) is 14.4. The van der Waals surface area contributed by atoms with Crippen LogP contribution in [0.2, 0.25) is 0 Å². The summed E-state index contributed by atoms with van der Waals surface area (Å²) in [5, 5.41) is 9.93. The van der Waals surface area contributed by atoms with Crippen molar-refractivity contribution >= 4 is 11.5 Å². The predicted octanol–water partition coefficient (Wildman–Crippen LogP) is 3.98.